The average molecular weight is 268 g/mol. The average Bonchev–Trinajstić information content (AvgIpc) is 2.86. The lowest BCUT2D eigenvalue weighted by Gasteiger charge is -2.26. The Labute approximate surface area is 111 Å². The van der Waals surface area contributed by atoms with Crippen molar-refractivity contribution in [2.45, 2.75) is 12.0 Å². The molecule has 1 aliphatic rings. The van der Waals surface area contributed by atoms with Crippen LogP contribution >= 0.6 is 12.2 Å². The van der Waals surface area contributed by atoms with E-state index in [0.29, 0.717) is 24.7 Å². The molecule has 1 fully saturated rings. The van der Waals surface area contributed by atoms with Gasteiger partial charge in [-0.05, 0) is 0 Å². The summed E-state index contributed by atoms with van der Waals surface area (Å²) >= 11 is 4.81. The number of anilines is 1. The van der Waals surface area contributed by atoms with Gasteiger partial charge in [0.15, 0.2) is 0 Å². The van der Waals surface area contributed by atoms with E-state index in [-0.39, 0.29) is 10.6 Å². The zero-order chi connectivity index (χ0) is 13.0. The molecule has 1 aliphatic heterocycles. The highest BCUT2D eigenvalue weighted by atomic mass is 32.1. The molecule has 2 rings (SSSR count). The van der Waals surface area contributed by atoms with E-state index >= 15 is 0 Å². The second-order valence-electron chi connectivity index (χ2n) is 4.19. The summed E-state index contributed by atoms with van der Waals surface area (Å²) < 4.78 is 10.9. The van der Waals surface area contributed by atoms with Crippen LogP contribution in [0.1, 0.15) is 12.1 Å². The third kappa shape index (κ3) is 2.92. The molecule has 7 heteroatoms. The smallest absolute Gasteiger partial charge is 0.144 e. The third-order valence-corrected chi connectivity index (χ3v) is 3.21. The van der Waals surface area contributed by atoms with Crippen molar-refractivity contribution in [3.63, 3.8) is 0 Å². The maximum atomic E-state index is 5.51. The number of ether oxygens (including phenoxy) is 2. The van der Waals surface area contributed by atoms with E-state index in [0.717, 1.165) is 13.0 Å². The summed E-state index contributed by atoms with van der Waals surface area (Å²) in [6.07, 6.45) is 4.03. The Hall–Kier alpha value is -1.31. The van der Waals surface area contributed by atoms with Crippen molar-refractivity contribution in [2.24, 2.45) is 5.73 Å². The zero-order valence-electron chi connectivity index (χ0n) is 10.2. The molecule has 0 aliphatic carbocycles. The number of hydrogen-bond donors (Lipinski definition) is 2. The van der Waals surface area contributed by atoms with Gasteiger partial charge in [0.05, 0.1) is 19.0 Å². The minimum atomic E-state index is -0.274. The van der Waals surface area contributed by atoms with Gasteiger partial charge in [-0.15, -0.1) is 0 Å². The summed E-state index contributed by atoms with van der Waals surface area (Å²) in [6.45, 7) is 1.95. The van der Waals surface area contributed by atoms with E-state index in [1.165, 1.54) is 0 Å². The van der Waals surface area contributed by atoms with Crippen molar-refractivity contribution < 1.29 is 9.47 Å². The van der Waals surface area contributed by atoms with Gasteiger partial charge in [0, 0.05) is 26.7 Å². The highest BCUT2D eigenvalue weighted by Crippen LogP contribution is 2.22. The first-order chi connectivity index (χ1) is 8.65. The second kappa shape index (κ2) is 5.55. The van der Waals surface area contributed by atoms with Gasteiger partial charge in [-0.1, -0.05) is 12.2 Å². The van der Waals surface area contributed by atoms with Crippen LogP contribution in [0.25, 0.3) is 0 Å². The predicted octanol–water partition coefficient (Wildman–Crippen LogP) is 0.328. The Morgan fingerprint density at radius 1 is 1.61 bits per heavy atom. The molecule has 0 radical (unpaired) electrons. The number of nitrogens with two attached hydrogens (primary N) is 1. The van der Waals surface area contributed by atoms with Gasteiger partial charge in [-0.25, -0.2) is 9.97 Å². The summed E-state index contributed by atoms with van der Waals surface area (Å²) in [4.78, 5) is 8.54. The molecule has 0 bridgehead atoms. The largest absolute Gasteiger partial charge is 0.388 e. The highest BCUT2D eigenvalue weighted by Gasteiger charge is 2.34. The van der Waals surface area contributed by atoms with Crippen molar-refractivity contribution in [3.05, 3.63) is 18.1 Å². The molecule has 0 aromatic carbocycles. The molecule has 0 amide bonds. The van der Waals surface area contributed by atoms with Crippen molar-refractivity contribution in [1.29, 1.82) is 0 Å². The molecule has 1 unspecified atom stereocenters. The van der Waals surface area contributed by atoms with E-state index in [4.69, 9.17) is 27.4 Å². The summed E-state index contributed by atoms with van der Waals surface area (Å²) in [5.74, 6) is 0.665. The van der Waals surface area contributed by atoms with E-state index < -0.39 is 0 Å². The summed E-state index contributed by atoms with van der Waals surface area (Å²) in [7, 11) is 1.69. The second-order valence-corrected chi connectivity index (χ2v) is 4.63. The summed E-state index contributed by atoms with van der Waals surface area (Å²) in [5, 5.41) is 3.18. The number of nitrogens with zero attached hydrogens (tertiary/aromatic N) is 2. The lowest BCUT2D eigenvalue weighted by atomic mass is 10.0. The quantitative estimate of drug-likeness (QED) is 0.744. The first kappa shape index (κ1) is 13.1. The molecule has 2 heterocycles. The first-order valence-corrected chi connectivity index (χ1v) is 6.05. The standard InChI is InChI=1S/C11H16N4O2S/c1-16-11(2-3-17-7-11)6-15-9-5-13-8(4-14-9)10(12)18/h4-5H,2-3,6-7H2,1H3,(H2,12,18)(H,14,15). The van der Waals surface area contributed by atoms with E-state index in [9.17, 15) is 0 Å². The lowest BCUT2D eigenvalue weighted by Crippen LogP contribution is -2.39. The molecule has 1 atom stereocenters. The van der Waals surface area contributed by atoms with Gasteiger partial charge in [0.25, 0.3) is 0 Å². The molecule has 0 saturated carbocycles. The number of methoxy groups -OCH3 is 1. The number of aromatic nitrogens is 2. The summed E-state index contributed by atoms with van der Waals surface area (Å²) in [5.41, 5.74) is 5.69. The van der Waals surface area contributed by atoms with Crippen LogP contribution in [0.4, 0.5) is 5.82 Å². The Balaban J connectivity index is 1.95. The molecule has 3 N–H and O–H groups in total. The van der Waals surface area contributed by atoms with Gasteiger partial charge in [0.2, 0.25) is 0 Å². The molecule has 6 nitrogen and oxygen atoms in total. The van der Waals surface area contributed by atoms with Crippen LogP contribution in [0, 0.1) is 0 Å². The molecule has 1 aromatic heterocycles. The molecular formula is C11H16N4O2S. The molecule has 98 valence electrons. The van der Waals surface area contributed by atoms with Crippen LogP contribution in [0.5, 0.6) is 0 Å². The third-order valence-electron chi connectivity index (χ3n) is 3.00. The van der Waals surface area contributed by atoms with Crippen molar-refractivity contribution in [3.8, 4) is 0 Å². The highest BCUT2D eigenvalue weighted by molar-refractivity contribution is 7.80. The number of hydrogen-bond acceptors (Lipinski definition) is 6. The Kier molecular flexibility index (Phi) is 4.05. The van der Waals surface area contributed by atoms with Gasteiger partial charge in [-0.2, -0.15) is 0 Å². The predicted molar refractivity (Wildman–Crippen MR) is 71.6 cm³/mol. The van der Waals surface area contributed by atoms with Crippen molar-refractivity contribution >= 4 is 23.0 Å². The van der Waals surface area contributed by atoms with Crippen LogP contribution in [0.2, 0.25) is 0 Å². The maximum Gasteiger partial charge on any atom is 0.144 e. The van der Waals surface area contributed by atoms with Crippen LogP contribution in [-0.2, 0) is 9.47 Å². The topological polar surface area (TPSA) is 82.3 Å². The van der Waals surface area contributed by atoms with Crippen LogP contribution in [-0.4, -0.2) is 47.4 Å². The van der Waals surface area contributed by atoms with Gasteiger partial charge in [-0.3, -0.25) is 0 Å². The molecule has 18 heavy (non-hydrogen) atoms. The fourth-order valence-corrected chi connectivity index (χ4v) is 1.86. The zero-order valence-corrected chi connectivity index (χ0v) is 11.0. The normalized spacial score (nSPS) is 22.9. The van der Waals surface area contributed by atoms with Gasteiger partial charge in [0.1, 0.15) is 22.1 Å². The maximum absolute atomic E-state index is 5.51. The monoisotopic (exact) mass is 268 g/mol. The van der Waals surface area contributed by atoms with E-state index in [1.807, 2.05) is 0 Å². The first-order valence-electron chi connectivity index (χ1n) is 5.64. The fraction of sp³-hybridized carbons (Fsp3) is 0.545. The van der Waals surface area contributed by atoms with Crippen LogP contribution in [0.3, 0.4) is 0 Å². The minimum Gasteiger partial charge on any atom is -0.388 e. The summed E-state index contributed by atoms with van der Waals surface area (Å²) in [6, 6.07) is 0. The Bertz CT molecular complexity index is 418. The number of rotatable bonds is 5. The molecule has 1 aromatic rings. The lowest BCUT2D eigenvalue weighted by molar-refractivity contribution is -0.00625. The molecule has 1 saturated heterocycles. The van der Waals surface area contributed by atoms with Crippen LogP contribution < -0.4 is 11.1 Å². The Morgan fingerprint density at radius 2 is 2.44 bits per heavy atom. The molecule has 0 spiro atoms. The van der Waals surface area contributed by atoms with Crippen LogP contribution in [0.15, 0.2) is 12.4 Å². The van der Waals surface area contributed by atoms with Crippen molar-refractivity contribution in [2.75, 3.05) is 32.2 Å². The van der Waals surface area contributed by atoms with Crippen molar-refractivity contribution in [1.82, 2.24) is 9.97 Å². The minimum absolute atomic E-state index is 0.242. The number of thiocarbonyl (C=S) groups is 1. The SMILES string of the molecule is COC1(CNc2cnc(C(N)=S)cn2)CCOC1. The van der Waals surface area contributed by atoms with E-state index in [1.54, 1.807) is 19.5 Å². The van der Waals surface area contributed by atoms with Gasteiger partial charge >= 0.3 is 0 Å². The number of nitrogens with one attached hydrogen (secondary N) is 1. The Morgan fingerprint density at radius 3 is 2.94 bits per heavy atom. The van der Waals surface area contributed by atoms with Gasteiger partial charge < -0.3 is 20.5 Å². The molecular weight excluding hydrogens is 252 g/mol. The van der Waals surface area contributed by atoms with E-state index in [2.05, 4.69) is 15.3 Å². The fourth-order valence-electron chi connectivity index (χ4n) is 1.76.